The maximum atomic E-state index is 11.9. The molecular weight excluding hydrogens is 263 g/mol. The molecule has 2 rings (SSSR count). The molecule has 0 aromatic heterocycles. The first-order valence-electron chi connectivity index (χ1n) is 6.27. The Morgan fingerprint density at radius 2 is 1.72 bits per heavy atom. The number of carbonyl (C=O) groups is 1. The molecule has 1 radical (unpaired) electrons. The summed E-state index contributed by atoms with van der Waals surface area (Å²) in [6.07, 6.45) is 6.84. The van der Waals surface area contributed by atoms with Gasteiger partial charge in [-0.2, -0.15) is 0 Å². The van der Waals surface area contributed by atoms with E-state index < -0.39 is 0 Å². The Morgan fingerprint density at radius 3 is 2.33 bits per heavy atom. The van der Waals surface area contributed by atoms with Crippen LogP contribution in [0.15, 0.2) is 36.4 Å². The van der Waals surface area contributed by atoms with Crippen LogP contribution in [-0.4, -0.2) is 10.9 Å². The summed E-state index contributed by atoms with van der Waals surface area (Å²) < 4.78 is 0. The summed E-state index contributed by atoms with van der Waals surface area (Å²) in [5, 5.41) is 9.86. The molecule has 0 aliphatic heterocycles. The third-order valence-corrected chi connectivity index (χ3v) is 3.36. The summed E-state index contributed by atoms with van der Waals surface area (Å²) in [5.41, 5.74) is 0.705. The Kier molecular flexibility index (Phi) is 6.24. The first kappa shape index (κ1) is 15.1. The average Bonchev–Trinajstić information content (AvgIpc) is 2.40. The van der Waals surface area contributed by atoms with Gasteiger partial charge in [0, 0.05) is 36.1 Å². The smallest absolute Gasteiger partial charge is 0.162 e. The standard InChI is InChI=1S/C15H18O2.V/c16-14(12-7-3-1-4-8-12)11-15(17)13-9-5-2-6-10-13;/h1,3-4,7-8,11,13,16H,2,5-6,9-10H2;/b14-11-;. The third-order valence-electron chi connectivity index (χ3n) is 3.36. The van der Waals surface area contributed by atoms with E-state index in [1.165, 1.54) is 12.5 Å². The van der Waals surface area contributed by atoms with E-state index in [2.05, 4.69) is 0 Å². The van der Waals surface area contributed by atoms with Gasteiger partial charge in [-0.3, -0.25) is 4.79 Å². The monoisotopic (exact) mass is 281 g/mol. The molecule has 0 unspecified atom stereocenters. The molecule has 1 fully saturated rings. The topological polar surface area (TPSA) is 37.3 Å². The second kappa shape index (κ2) is 7.45. The van der Waals surface area contributed by atoms with Crippen molar-refractivity contribution < 1.29 is 28.5 Å². The molecule has 0 amide bonds. The van der Waals surface area contributed by atoms with Crippen molar-refractivity contribution in [1.29, 1.82) is 0 Å². The molecule has 1 saturated carbocycles. The van der Waals surface area contributed by atoms with Gasteiger partial charge in [0.25, 0.3) is 0 Å². The van der Waals surface area contributed by atoms with Crippen molar-refractivity contribution in [1.82, 2.24) is 0 Å². The molecule has 0 heterocycles. The first-order chi connectivity index (χ1) is 8.27. The van der Waals surface area contributed by atoms with Gasteiger partial charge in [-0.15, -0.1) is 0 Å². The number of aliphatic hydroxyl groups is 1. The molecule has 0 bridgehead atoms. The van der Waals surface area contributed by atoms with Crippen LogP contribution in [0.25, 0.3) is 5.76 Å². The van der Waals surface area contributed by atoms with Crippen molar-refractivity contribution in [2.75, 3.05) is 0 Å². The summed E-state index contributed by atoms with van der Waals surface area (Å²) in [6, 6.07) is 9.20. The number of carbonyl (C=O) groups excluding carboxylic acids is 1. The van der Waals surface area contributed by atoms with Gasteiger partial charge in [0.1, 0.15) is 5.76 Å². The quantitative estimate of drug-likeness (QED) is 0.677. The fraction of sp³-hybridized carbons (Fsp3) is 0.400. The molecule has 3 heteroatoms. The Morgan fingerprint density at radius 1 is 1.11 bits per heavy atom. The Hall–Kier alpha value is -0.986. The first-order valence-corrected chi connectivity index (χ1v) is 6.27. The predicted octanol–water partition coefficient (Wildman–Crippen LogP) is 3.73. The van der Waals surface area contributed by atoms with Crippen molar-refractivity contribution >= 4 is 11.5 Å². The maximum absolute atomic E-state index is 11.9. The SMILES string of the molecule is O=C(/C=C(\O)c1ccccc1)C1CCCCC1.[V]. The van der Waals surface area contributed by atoms with Crippen LogP contribution < -0.4 is 0 Å². The largest absolute Gasteiger partial charge is 0.507 e. The number of ketones is 1. The van der Waals surface area contributed by atoms with Crippen molar-refractivity contribution in [3.05, 3.63) is 42.0 Å². The van der Waals surface area contributed by atoms with Crippen molar-refractivity contribution in [2.24, 2.45) is 5.92 Å². The molecule has 18 heavy (non-hydrogen) atoms. The molecule has 1 aliphatic rings. The molecule has 1 aromatic rings. The Labute approximate surface area is 120 Å². The van der Waals surface area contributed by atoms with Crippen LogP contribution in [0.5, 0.6) is 0 Å². The number of hydrogen-bond donors (Lipinski definition) is 1. The van der Waals surface area contributed by atoms with E-state index >= 15 is 0 Å². The second-order valence-corrected chi connectivity index (χ2v) is 4.63. The van der Waals surface area contributed by atoms with E-state index in [0.717, 1.165) is 25.7 Å². The van der Waals surface area contributed by atoms with Crippen LogP contribution in [-0.2, 0) is 23.4 Å². The number of hydrogen-bond acceptors (Lipinski definition) is 2. The molecule has 1 aliphatic carbocycles. The minimum Gasteiger partial charge on any atom is -0.507 e. The normalized spacial score (nSPS) is 17.0. The molecule has 0 saturated heterocycles. The summed E-state index contributed by atoms with van der Waals surface area (Å²) in [6.45, 7) is 0. The van der Waals surface area contributed by atoms with E-state index in [4.69, 9.17) is 0 Å². The van der Waals surface area contributed by atoms with Crippen molar-refractivity contribution in [3.63, 3.8) is 0 Å². The zero-order valence-electron chi connectivity index (χ0n) is 10.4. The van der Waals surface area contributed by atoms with Gasteiger partial charge in [0.15, 0.2) is 5.78 Å². The van der Waals surface area contributed by atoms with Gasteiger partial charge in [-0.05, 0) is 12.8 Å². The van der Waals surface area contributed by atoms with Gasteiger partial charge in [0.05, 0.1) is 0 Å². The van der Waals surface area contributed by atoms with Gasteiger partial charge in [-0.25, -0.2) is 0 Å². The summed E-state index contributed by atoms with van der Waals surface area (Å²) in [5.74, 6) is 0.279. The zero-order chi connectivity index (χ0) is 12.1. The fourth-order valence-electron chi connectivity index (χ4n) is 2.33. The summed E-state index contributed by atoms with van der Waals surface area (Å²) >= 11 is 0. The van der Waals surface area contributed by atoms with Crippen LogP contribution in [0.2, 0.25) is 0 Å². The van der Waals surface area contributed by atoms with Gasteiger partial charge in [0.2, 0.25) is 0 Å². The van der Waals surface area contributed by atoms with Crippen LogP contribution in [0, 0.1) is 5.92 Å². The molecular formula is C15H18O2V. The molecule has 1 N–H and O–H groups in total. The number of benzene rings is 1. The zero-order valence-corrected chi connectivity index (χ0v) is 11.8. The van der Waals surface area contributed by atoms with E-state index in [1.807, 2.05) is 18.2 Å². The predicted molar refractivity (Wildman–Crippen MR) is 68.6 cm³/mol. The van der Waals surface area contributed by atoms with Crippen LogP contribution in [0.1, 0.15) is 37.7 Å². The average molecular weight is 281 g/mol. The van der Waals surface area contributed by atoms with Crippen LogP contribution in [0.3, 0.4) is 0 Å². The Balaban J connectivity index is 0.00000162. The van der Waals surface area contributed by atoms with Crippen LogP contribution >= 0.6 is 0 Å². The third kappa shape index (κ3) is 4.04. The molecule has 95 valence electrons. The summed E-state index contributed by atoms with van der Waals surface area (Å²) in [4.78, 5) is 11.9. The summed E-state index contributed by atoms with van der Waals surface area (Å²) in [7, 11) is 0. The molecule has 2 nitrogen and oxygen atoms in total. The maximum Gasteiger partial charge on any atom is 0.162 e. The Bertz CT molecular complexity index is 406. The molecule has 1 aromatic carbocycles. The van der Waals surface area contributed by atoms with Crippen molar-refractivity contribution in [2.45, 2.75) is 32.1 Å². The van der Waals surface area contributed by atoms with Gasteiger partial charge < -0.3 is 5.11 Å². The number of aliphatic hydroxyl groups excluding tert-OH is 1. The number of allylic oxidation sites excluding steroid dienone is 1. The van der Waals surface area contributed by atoms with E-state index in [-0.39, 0.29) is 36.0 Å². The van der Waals surface area contributed by atoms with Crippen molar-refractivity contribution in [3.8, 4) is 0 Å². The van der Waals surface area contributed by atoms with E-state index in [9.17, 15) is 9.90 Å². The fourth-order valence-corrected chi connectivity index (χ4v) is 2.33. The van der Waals surface area contributed by atoms with Crippen LogP contribution in [0.4, 0.5) is 0 Å². The van der Waals surface area contributed by atoms with Gasteiger partial charge in [-0.1, -0.05) is 49.6 Å². The molecule has 0 atom stereocenters. The second-order valence-electron chi connectivity index (χ2n) is 4.63. The number of rotatable bonds is 3. The molecule has 0 spiro atoms. The van der Waals surface area contributed by atoms with E-state index in [1.54, 1.807) is 12.1 Å². The van der Waals surface area contributed by atoms with E-state index in [0.29, 0.717) is 5.56 Å². The minimum atomic E-state index is 0. The van der Waals surface area contributed by atoms with Gasteiger partial charge >= 0.3 is 0 Å². The minimum absolute atomic E-state index is 0.